The predicted octanol–water partition coefficient (Wildman–Crippen LogP) is 4.15. The van der Waals surface area contributed by atoms with Gasteiger partial charge < -0.3 is 15.2 Å². The smallest absolute Gasteiger partial charge is 0.329 e. The van der Waals surface area contributed by atoms with Crippen LogP contribution in [-0.4, -0.2) is 62.8 Å². The van der Waals surface area contributed by atoms with Crippen molar-refractivity contribution in [3.8, 4) is 0 Å². The Balaban J connectivity index is 1.22. The van der Waals surface area contributed by atoms with Crippen LogP contribution in [0.3, 0.4) is 0 Å². The van der Waals surface area contributed by atoms with Gasteiger partial charge in [-0.25, -0.2) is 9.52 Å². The Kier molecular flexibility index (Phi) is 8.15. The van der Waals surface area contributed by atoms with Gasteiger partial charge in [0.25, 0.3) is 0 Å². The first kappa shape index (κ1) is 28.6. The molecule has 5 rings (SSSR count). The van der Waals surface area contributed by atoms with Crippen LogP contribution < -0.4 is 10.0 Å². The molecule has 3 N–H and O–H groups in total. The molecule has 0 bridgehead atoms. The third-order valence-corrected chi connectivity index (χ3v) is 13.7. The van der Waals surface area contributed by atoms with Gasteiger partial charge >= 0.3 is 16.2 Å². The van der Waals surface area contributed by atoms with E-state index >= 15 is 0 Å². The van der Waals surface area contributed by atoms with E-state index in [1.807, 2.05) is 0 Å². The van der Waals surface area contributed by atoms with Crippen molar-refractivity contribution < 1.29 is 23.1 Å². The molecule has 1 heterocycles. The van der Waals surface area contributed by atoms with E-state index in [1.165, 1.54) is 49.3 Å². The Labute approximate surface area is 230 Å². The molecule has 9 heteroatoms. The molecule has 38 heavy (non-hydrogen) atoms. The Hall–Kier alpha value is -0.900. The van der Waals surface area contributed by atoms with E-state index in [-0.39, 0.29) is 30.5 Å². The molecule has 0 aromatic carbocycles. The zero-order valence-electron chi connectivity index (χ0n) is 24.0. The molecule has 0 spiro atoms. The molecule has 8 nitrogen and oxygen atoms in total. The lowest BCUT2D eigenvalue weighted by atomic mass is 9.42. The van der Waals surface area contributed by atoms with Crippen LogP contribution in [0.25, 0.3) is 0 Å². The molecule has 5 aliphatic rings. The predicted molar refractivity (Wildman–Crippen MR) is 147 cm³/mol. The number of urea groups is 1. The molecular formula is C29H51N3O5S. The molecule has 0 aromatic heterocycles. The number of nitrogens with zero attached hydrogens (tertiary/aromatic N) is 1. The second kappa shape index (κ2) is 10.8. The van der Waals surface area contributed by atoms with Gasteiger partial charge in [-0.05, 0) is 104 Å². The topological polar surface area (TPSA) is 108 Å². The highest BCUT2D eigenvalue weighted by Gasteiger charge is 2.62. The molecule has 1 aliphatic heterocycles. The first-order valence-corrected chi connectivity index (χ1v) is 16.7. The maximum atomic E-state index is 12.6. The fourth-order valence-corrected chi connectivity index (χ4v) is 11.4. The normalized spacial score (nSPS) is 44.4. The second-order valence-corrected chi connectivity index (χ2v) is 15.5. The quantitative estimate of drug-likeness (QED) is 0.458. The van der Waals surface area contributed by atoms with Gasteiger partial charge in [-0.15, -0.1) is 0 Å². The molecule has 10 atom stereocenters. The van der Waals surface area contributed by atoms with Gasteiger partial charge in [-0.3, -0.25) is 0 Å². The molecule has 218 valence electrons. The lowest BCUT2D eigenvalue weighted by Gasteiger charge is -2.63. The minimum Gasteiger partial charge on any atom is -0.393 e. The van der Waals surface area contributed by atoms with Crippen molar-refractivity contribution in [3.05, 3.63) is 0 Å². The van der Waals surface area contributed by atoms with Crippen LogP contribution in [0.2, 0.25) is 0 Å². The van der Waals surface area contributed by atoms with Crippen LogP contribution in [0.1, 0.15) is 85.5 Å². The number of carbonyl (C=O) groups excluding carboxylic acids is 1. The average Bonchev–Trinajstić information content (AvgIpc) is 3.25. The van der Waals surface area contributed by atoms with Gasteiger partial charge in [-0.1, -0.05) is 34.1 Å². The number of hydrogen-bond acceptors (Lipinski definition) is 5. The van der Waals surface area contributed by atoms with Crippen molar-refractivity contribution in [2.75, 3.05) is 32.8 Å². The summed E-state index contributed by atoms with van der Waals surface area (Å²) in [6.07, 6.45) is 10.5. The van der Waals surface area contributed by atoms with E-state index in [0.717, 1.165) is 30.6 Å². The lowest BCUT2D eigenvalue weighted by Crippen LogP contribution is -2.57. The summed E-state index contributed by atoms with van der Waals surface area (Å²) in [6, 6.07) is -0.636. The number of rotatable bonds is 6. The number of amides is 2. The van der Waals surface area contributed by atoms with E-state index in [9.17, 15) is 18.3 Å². The molecule has 1 saturated heterocycles. The SMILES string of the molecule is CC[C@H]1C[C@@H]2[C@H](CC[C@]3(C)[C@@H]([C@H](C)CNC(=O)NS(=O)(=O)N4CCOCC4)CC[C@@H]23)[C@@]2(C)CC[C@@H](O)C[C@@H]12. The van der Waals surface area contributed by atoms with Crippen molar-refractivity contribution in [3.63, 3.8) is 0 Å². The monoisotopic (exact) mass is 553 g/mol. The summed E-state index contributed by atoms with van der Waals surface area (Å²) in [4.78, 5) is 12.6. The van der Waals surface area contributed by atoms with E-state index in [1.54, 1.807) is 0 Å². The highest BCUT2D eigenvalue weighted by molar-refractivity contribution is 7.87. The van der Waals surface area contributed by atoms with Crippen molar-refractivity contribution in [2.24, 2.45) is 52.3 Å². The molecular weight excluding hydrogens is 502 g/mol. The van der Waals surface area contributed by atoms with Crippen LogP contribution in [0.4, 0.5) is 4.79 Å². The molecule has 4 aliphatic carbocycles. The number of aliphatic hydroxyl groups excluding tert-OH is 1. The molecule has 4 saturated carbocycles. The van der Waals surface area contributed by atoms with Gasteiger partial charge in [0.1, 0.15) is 0 Å². The average molecular weight is 554 g/mol. The Morgan fingerprint density at radius 1 is 1.03 bits per heavy atom. The van der Waals surface area contributed by atoms with E-state index in [4.69, 9.17) is 4.74 Å². The van der Waals surface area contributed by atoms with Crippen LogP contribution in [0.15, 0.2) is 0 Å². The van der Waals surface area contributed by atoms with Crippen LogP contribution in [-0.2, 0) is 14.9 Å². The van der Waals surface area contributed by atoms with Gasteiger partial charge in [-0.2, -0.15) is 12.7 Å². The van der Waals surface area contributed by atoms with Gasteiger partial charge in [0.15, 0.2) is 0 Å². The van der Waals surface area contributed by atoms with Crippen LogP contribution in [0.5, 0.6) is 0 Å². The summed E-state index contributed by atoms with van der Waals surface area (Å²) in [5, 5.41) is 13.4. The minimum atomic E-state index is -3.85. The minimum absolute atomic E-state index is 0.113. The van der Waals surface area contributed by atoms with Gasteiger partial charge in [0.05, 0.1) is 19.3 Å². The standard InChI is InChI=1S/C29H51N3O5S/c1-5-20-16-22-24-7-6-23(19(2)18-30-27(34)31-38(35,36)32-12-14-37-15-13-32)28(24,3)11-9-25(22)29(4)10-8-21(33)17-26(20)29/h19-26,33H,5-18H2,1-4H3,(H2,30,31,34)/t19-,20+,21-,22+,23-,24+,25+,26+,28-,29-/m1/s1. The summed E-state index contributed by atoms with van der Waals surface area (Å²) < 4.78 is 33.8. The highest BCUT2D eigenvalue weighted by Crippen LogP contribution is 2.69. The number of nitrogens with one attached hydrogen (secondary N) is 2. The molecule has 0 unspecified atom stereocenters. The summed E-state index contributed by atoms with van der Waals surface area (Å²) in [7, 11) is -3.85. The summed E-state index contributed by atoms with van der Waals surface area (Å²) in [5.74, 6) is 4.46. The largest absolute Gasteiger partial charge is 0.393 e. The van der Waals surface area contributed by atoms with Crippen LogP contribution >= 0.6 is 0 Å². The van der Waals surface area contributed by atoms with Gasteiger partial charge in [0.2, 0.25) is 0 Å². The third-order valence-electron chi connectivity index (χ3n) is 12.2. The number of ether oxygens (including phenoxy) is 1. The maximum Gasteiger partial charge on any atom is 0.329 e. The zero-order valence-corrected chi connectivity index (χ0v) is 24.8. The second-order valence-electron chi connectivity index (χ2n) is 13.9. The van der Waals surface area contributed by atoms with Gasteiger partial charge in [0, 0.05) is 19.6 Å². The van der Waals surface area contributed by atoms with Crippen LogP contribution in [0, 0.1) is 52.3 Å². The summed E-state index contributed by atoms with van der Waals surface area (Å²) >= 11 is 0. The van der Waals surface area contributed by atoms with E-state index < -0.39 is 16.2 Å². The first-order valence-electron chi connectivity index (χ1n) is 15.3. The summed E-state index contributed by atoms with van der Waals surface area (Å²) in [6.45, 7) is 11.4. The number of aliphatic hydroxyl groups is 1. The fraction of sp³-hybridized carbons (Fsp3) is 0.966. The number of hydrogen-bond donors (Lipinski definition) is 3. The van der Waals surface area contributed by atoms with E-state index in [0.29, 0.717) is 42.9 Å². The van der Waals surface area contributed by atoms with Crippen molar-refractivity contribution in [2.45, 2.75) is 91.6 Å². The van der Waals surface area contributed by atoms with Crippen molar-refractivity contribution in [1.29, 1.82) is 0 Å². The molecule has 5 fully saturated rings. The van der Waals surface area contributed by atoms with Crippen molar-refractivity contribution in [1.82, 2.24) is 14.3 Å². The Bertz CT molecular complexity index is 971. The highest BCUT2D eigenvalue weighted by atomic mass is 32.2. The Morgan fingerprint density at radius 3 is 2.42 bits per heavy atom. The molecule has 0 radical (unpaired) electrons. The Morgan fingerprint density at radius 2 is 1.71 bits per heavy atom. The number of morpholine rings is 1. The lowest BCUT2D eigenvalue weighted by molar-refractivity contribution is -0.152. The van der Waals surface area contributed by atoms with Crippen molar-refractivity contribution >= 4 is 16.2 Å². The first-order chi connectivity index (χ1) is 18.0. The molecule has 2 amide bonds. The molecule has 0 aromatic rings. The fourth-order valence-electron chi connectivity index (χ4n) is 10.3. The number of fused-ring (bicyclic) bond motifs is 5. The zero-order chi connectivity index (χ0) is 27.3. The maximum absolute atomic E-state index is 12.6. The number of carbonyl (C=O) groups is 1. The summed E-state index contributed by atoms with van der Waals surface area (Å²) in [5.41, 5.74) is 0.633. The third kappa shape index (κ3) is 5.03. The van der Waals surface area contributed by atoms with E-state index in [2.05, 4.69) is 37.7 Å².